The van der Waals surface area contributed by atoms with Gasteiger partial charge in [0.2, 0.25) is 11.8 Å². The van der Waals surface area contributed by atoms with E-state index in [0.717, 1.165) is 54.7 Å². The Morgan fingerprint density at radius 3 is 2.23 bits per heavy atom. The highest BCUT2D eigenvalue weighted by molar-refractivity contribution is 6.00. The molecule has 0 unspecified atom stereocenters. The molecule has 0 radical (unpaired) electrons. The van der Waals surface area contributed by atoms with Gasteiger partial charge in [0.15, 0.2) is 0 Å². The maximum atomic E-state index is 12.9. The highest BCUT2D eigenvalue weighted by Crippen LogP contribution is 2.60. The molecule has 30 heavy (non-hydrogen) atoms. The standard InChI is InChI=1S/C24H33N3O3/c1-16(9-22(28)25-8-7-17-3-5-21(30-2)6-4-17)26-27-23(29)24-13-18-10-19(14-24)12-20(11-18)15-24/h3-6,18-20H,7-15H2,1-2H3,(H,25,28)(H,27,29). The van der Waals surface area contributed by atoms with Gasteiger partial charge in [-0.15, -0.1) is 0 Å². The Balaban J connectivity index is 1.21. The summed E-state index contributed by atoms with van der Waals surface area (Å²) in [6.07, 6.45) is 7.95. The largest absolute Gasteiger partial charge is 0.497 e. The second-order valence-corrected chi connectivity index (χ2v) is 9.61. The summed E-state index contributed by atoms with van der Waals surface area (Å²) in [4.78, 5) is 25.1. The molecule has 6 nitrogen and oxygen atoms in total. The predicted octanol–water partition coefficient (Wildman–Crippen LogP) is 3.45. The van der Waals surface area contributed by atoms with Crippen LogP contribution in [0.2, 0.25) is 0 Å². The number of hydrogen-bond acceptors (Lipinski definition) is 4. The number of hydrogen-bond donors (Lipinski definition) is 2. The number of carbonyl (C=O) groups is 2. The summed E-state index contributed by atoms with van der Waals surface area (Å²) in [7, 11) is 1.64. The van der Waals surface area contributed by atoms with Crippen LogP contribution in [0.4, 0.5) is 0 Å². The number of hydrazone groups is 1. The summed E-state index contributed by atoms with van der Waals surface area (Å²) in [6.45, 7) is 2.36. The van der Waals surface area contributed by atoms with Gasteiger partial charge in [0.1, 0.15) is 5.75 Å². The lowest BCUT2D eigenvalue weighted by molar-refractivity contribution is -0.146. The summed E-state index contributed by atoms with van der Waals surface area (Å²) < 4.78 is 5.15. The quantitative estimate of drug-likeness (QED) is 0.508. The molecule has 5 rings (SSSR count). The number of ether oxygens (including phenoxy) is 1. The first-order chi connectivity index (χ1) is 14.5. The number of methoxy groups -OCH3 is 1. The lowest BCUT2D eigenvalue weighted by Gasteiger charge is -2.55. The van der Waals surface area contributed by atoms with Gasteiger partial charge in [-0.25, -0.2) is 5.43 Å². The van der Waals surface area contributed by atoms with Crippen LogP contribution in [0, 0.1) is 23.2 Å². The molecule has 6 heteroatoms. The first-order valence-corrected chi connectivity index (χ1v) is 11.2. The van der Waals surface area contributed by atoms with E-state index in [-0.39, 0.29) is 23.7 Å². The average molecular weight is 412 g/mol. The van der Waals surface area contributed by atoms with E-state index in [1.54, 1.807) is 14.0 Å². The number of amides is 2. The van der Waals surface area contributed by atoms with E-state index in [4.69, 9.17) is 4.74 Å². The fraction of sp³-hybridized carbons (Fsp3) is 0.625. The molecular formula is C24H33N3O3. The SMILES string of the molecule is COc1ccc(CCNC(=O)CC(C)=NNC(=O)C23CC4CC(CC(C4)C2)C3)cc1. The Morgan fingerprint density at radius 2 is 1.67 bits per heavy atom. The van der Waals surface area contributed by atoms with Crippen molar-refractivity contribution in [3.8, 4) is 5.75 Å². The second-order valence-electron chi connectivity index (χ2n) is 9.61. The molecule has 1 aromatic rings. The molecule has 0 aromatic heterocycles. The van der Waals surface area contributed by atoms with Gasteiger partial charge >= 0.3 is 0 Å². The number of carbonyl (C=O) groups excluding carboxylic acids is 2. The Bertz CT molecular complexity index is 780. The van der Waals surface area contributed by atoms with Gasteiger partial charge in [-0.2, -0.15) is 5.10 Å². The average Bonchev–Trinajstić information content (AvgIpc) is 2.71. The third-order valence-corrected chi connectivity index (χ3v) is 7.18. The maximum absolute atomic E-state index is 12.9. The molecule has 4 aliphatic carbocycles. The van der Waals surface area contributed by atoms with Crippen LogP contribution in [0.25, 0.3) is 0 Å². The van der Waals surface area contributed by atoms with Crippen molar-refractivity contribution in [2.24, 2.45) is 28.3 Å². The minimum Gasteiger partial charge on any atom is -0.497 e. The molecule has 0 saturated heterocycles. The molecule has 0 spiro atoms. The summed E-state index contributed by atoms with van der Waals surface area (Å²) in [5.74, 6) is 3.00. The summed E-state index contributed by atoms with van der Waals surface area (Å²) >= 11 is 0. The first-order valence-electron chi connectivity index (χ1n) is 11.2. The summed E-state index contributed by atoms with van der Waals surface area (Å²) in [5, 5.41) is 7.17. The Kier molecular flexibility index (Phi) is 6.11. The van der Waals surface area contributed by atoms with E-state index >= 15 is 0 Å². The molecule has 2 N–H and O–H groups in total. The third kappa shape index (κ3) is 4.68. The molecule has 4 fully saturated rings. The van der Waals surface area contributed by atoms with Gasteiger partial charge in [-0.3, -0.25) is 9.59 Å². The monoisotopic (exact) mass is 411 g/mol. The van der Waals surface area contributed by atoms with Crippen LogP contribution in [-0.2, 0) is 16.0 Å². The number of nitrogens with one attached hydrogen (secondary N) is 2. The van der Waals surface area contributed by atoms with Crippen molar-refractivity contribution >= 4 is 17.5 Å². The minimum atomic E-state index is -0.209. The number of rotatable bonds is 8. The van der Waals surface area contributed by atoms with Crippen molar-refractivity contribution in [1.82, 2.24) is 10.7 Å². The first kappa shape index (κ1) is 20.9. The highest BCUT2D eigenvalue weighted by Gasteiger charge is 2.54. The molecule has 1 aromatic carbocycles. The molecule has 4 saturated carbocycles. The van der Waals surface area contributed by atoms with E-state index < -0.39 is 0 Å². The zero-order valence-electron chi connectivity index (χ0n) is 18.1. The van der Waals surface area contributed by atoms with Crippen LogP contribution in [0.1, 0.15) is 57.4 Å². The van der Waals surface area contributed by atoms with Crippen LogP contribution < -0.4 is 15.5 Å². The fourth-order valence-corrected chi connectivity index (χ4v) is 6.13. The smallest absolute Gasteiger partial charge is 0.246 e. The molecule has 0 aliphatic heterocycles. The number of nitrogens with zero attached hydrogens (tertiary/aromatic N) is 1. The summed E-state index contributed by atoms with van der Waals surface area (Å²) in [5.41, 5.74) is 4.36. The van der Waals surface area contributed by atoms with Crippen LogP contribution >= 0.6 is 0 Å². The molecule has 0 heterocycles. The maximum Gasteiger partial charge on any atom is 0.246 e. The lowest BCUT2D eigenvalue weighted by atomic mass is 9.49. The van der Waals surface area contributed by atoms with Gasteiger partial charge < -0.3 is 10.1 Å². The molecule has 2 amide bonds. The third-order valence-electron chi connectivity index (χ3n) is 7.18. The predicted molar refractivity (Wildman–Crippen MR) is 116 cm³/mol. The van der Waals surface area contributed by atoms with E-state index in [1.165, 1.54) is 19.3 Å². The highest BCUT2D eigenvalue weighted by atomic mass is 16.5. The normalized spacial score (nSPS) is 29.5. The summed E-state index contributed by atoms with van der Waals surface area (Å²) in [6, 6.07) is 7.83. The van der Waals surface area contributed by atoms with Crippen LogP contribution in [-0.4, -0.2) is 31.2 Å². The Labute approximate surface area is 178 Å². The van der Waals surface area contributed by atoms with Crippen molar-refractivity contribution in [3.63, 3.8) is 0 Å². The van der Waals surface area contributed by atoms with Crippen molar-refractivity contribution in [3.05, 3.63) is 29.8 Å². The van der Waals surface area contributed by atoms with Crippen molar-refractivity contribution < 1.29 is 14.3 Å². The van der Waals surface area contributed by atoms with Crippen LogP contribution in [0.15, 0.2) is 29.4 Å². The van der Waals surface area contributed by atoms with Crippen LogP contribution in [0.5, 0.6) is 5.75 Å². The van der Waals surface area contributed by atoms with Gasteiger partial charge in [0.25, 0.3) is 0 Å². The van der Waals surface area contributed by atoms with Crippen molar-refractivity contribution in [2.75, 3.05) is 13.7 Å². The molecule has 4 bridgehead atoms. The van der Waals surface area contributed by atoms with Crippen molar-refractivity contribution in [2.45, 2.75) is 58.3 Å². The Hall–Kier alpha value is -2.37. The van der Waals surface area contributed by atoms with E-state index in [0.29, 0.717) is 12.3 Å². The zero-order valence-corrected chi connectivity index (χ0v) is 18.1. The fourth-order valence-electron chi connectivity index (χ4n) is 6.13. The Morgan fingerprint density at radius 1 is 1.07 bits per heavy atom. The van der Waals surface area contributed by atoms with Gasteiger partial charge in [-0.05, 0) is 87.3 Å². The molecule has 162 valence electrons. The van der Waals surface area contributed by atoms with Crippen LogP contribution in [0.3, 0.4) is 0 Å². The molecule has 4 aliphatic rings. The van der Waals surface area contributed by atoms with Gasteiger partial charge in [0.05, 0.1) is 18.9 Å². The van der Waals surface area contributed by atoms with E-state index in [1.807, 2.05) is 24.3 Å². The minimum absolute atomic E-state index is 0.0702. The molecular weight excluding hydrogens is 378 g/mol. The molecule has 0 atom stereocenters. The van der Waals surface area contributed by atoms with E-state index in [2.05, 4.69) is 15.8 Å². The second kappa shape index (κ2) is 8.78. The van der Waals surface area contributed by atoms with E-state index in [9.17, 15) is 9.59 Å². The lowest BCUT2D eigenvalue weighted by Crippen LogP contribution is -2.52. The number of benzene rings is 1. The zero-order chi connectivity index (χ0) is 21.1. The van der Waals surface area contributed by atoms with Gasteiger partial charge in [-0.1, -0.05) is 12.1 Å². The topological polar surface area (TPSA) is 79.8 Å². The van der Waals surface area contributed by atoms with Gasteiger partial charge in [0, 0.05) is 12.3 Å². The van der Waals surface area contributed by atoms with Crippen molar-refractivity contribution in [1.29, 1.82) is 0 Å².